The summed E-state index contributed by atoms with van der Waals surface area (Å²) in [6, 6.07) is 5.15. The van der Waals surface area contributed by atoms with Crippen molar-refractivity contribution in [3.8, 4) is 0 Å². The fraction of sp³-hybridized carbons (Fsp3) is 0.429. The Labute approximate surface area is 117 Å². The van der Waals surface area contributed by atoms with Crippen LogP contribution in [0.25, 0.3) is 0 Å². The Morgan fingerprint density at radius 3 is 3.05 bits per heavy atom. The number of anilines is 1. The zero-order valence-corrected chi connectivity index (χ0v) is 11.3. The highest BCUT2D eigenvalue weighted by Gasteiger charge is 2.17. The maximum atomic E-state index is 12.0. The van der Waals surface area contributed by atoms with Crippen molar-refractivity contribution >= 4 is 17.5 Å². The number of ether oxygens (including phenoxy) is 1. The van der Waals surface area contributed by atoms with Crippen molar-refractivity contribution in [3.05, 3.63) is 29.3 Å². The second kappa shape index (κ2) is 6.49. The molecule has 1 unspecified atom stereocenters. The second-order valence-electron chi connectivity index (χ2n) is 4.74. The first-order chi connectivity index (χ1) is 9.60. The second-order valence-corrected chi connectivity index (χ2v) is 4.74. The maximum Gasteiger partial charge on any atom is 0.251 e. The lowest BCUT2D eigenvalue weighted by Gasteiger charge is -2.17. The predicted molar refractivity (Wildman–Crippen MR) is 73.6 cm³/mol. The van der Waals surface area contributed by atoms with E-state index in [9.17, 15) is 14.7 Å². The molecule has 108 valence electrons. The number of rotatable bonds is 5. The molecule has 0 spiro atoms. The monoisotopic (exact) mass is 278 g/mol. The molecule has 2 rings (SSSR count). The van der Waals surface area contributed by atoms with E-state index in [4.69, 9.17) is 4.74 Å². The normalized spacial score (nSPS) is 15.2. The third-order valence-electron chi connectivity index (χ3n) is 3.12. The summed E-state index contributed by atoms with van der Waals surface area (Å²) in [4.78, 5) is 23.2. The lowest BCUT2D eigenvalue weighted by atomic mass is 10.00. The van der Waals surface area contributed by atoms with E-state index in [1.807, 2.05) is 0 Å². The Kier molecular flexibility index (Phi) is 4.70. The number of carbonyl (C=O) groups is 2. The summed E-state index contributed by atoms with van der Waals surface area (Å²) in [5, 5.41) is 14.9. The van der Waals surface area contributed by atoms with Crippen LogP contribution in [0.3, 0.4) is 0 Å². The van der Waals surface area contributed by atoms with E-state index in [0.29, 0.717) is 18.4 Å². The number of hydrogen-bond donors (Lipinski definition) is 3. The molecule has 0 saturated heterocycles. The Morgan fingerprint density at radius 1 is 1.50 bits per heavy atom. The molecule has 0 bridgehead atoms. The molecular formula is C14H18N2O4. The molecule has 2 amide bonds. The Balaban J connectivity index is 1.99. The number of carbonyl (C=O) groups excluding carboxylic acids is 2. The predicted octanol–water partition coefficient (Wildman–Crippen LogP) is 0.308. The van der Waals surface area contributed by atoms with Gasteiger partial charge in [-0.05, 0) is 30.2 Å². The molecule has 0 fully saturated rings. The molecule has 0 aliphatic carbocycles. The van der Waals surface area contributed by atoms with Gasteiger partial charge < -0.3 is 20.5 Å². The van der Waals surface area contributed by atoms with E-state index in [1.54, 1.807) is 18.2 Å². The molecule has 1 aliphatic heterocycles. The van der Waals surface area contributed by atoms with Crippen LogP contribution in [-0.2, 0) is 16.0 Å². The van der Waals surface area contributed by atoms with E-state index >= 15 is 0 Å². The lowest BCUT2D eigenvalue weighted by Crippen LogP contribution is -2.34. The molecule has 1 atom stereocenters. The summed E-state index contributed by atoms with van der Waals surface area (Å²) in [6.45, 7) is 0.316. The van der Waals surface area contributed by atoms with Crippen molar-refractivity contribution in [2.24, 2.45) is 0 Å². The molecule has 1 aromatic carbocycles. The molecule has 0 aromatic heterocycles. The number of aliphatic hydroxyl groups is 1. The molecule has 6 nitrogen and oxygen atoms in total. The largest absolute Gasteiger partial charge is 0.389 e. The van der Waals surface area contributed by atoms with Gasteiger partial charge in [-0.2, -0.15) is 0 Å². The Bertz CT molecular complexity index is 516. The standard InChI is InChI=1S/C14H18N2O4/c1-20-8-11(17)7-15-14(19)10-2-4-12-9(6-10)3-5-13(18)16-12/h2,4,6,11,17H,3,5,7-8H2,1H3,(H,15,19)(H,16,18). The number of methoxy groups -OCH3 is 1. The van der Waals surface area contributed by atoms with Gasteiger partial charge in [0.05, 0.1) is 12.7 Å². The topological polar surface area (TPSA) is 87.7 Å². The van der Waals surface area contributed by atoms with Crippen molar-refractivity contribution in [1.29, 1.82) is 0 Å². The van der Waals surface area contributed by atoms with E-state index in [2.05, 4.69) is 10.6 Å². The Hall–Kier alpha value is -1.92. The van der Waals surface area contributed by atoms with Crippen molar-refractivity contribution in [2.75, 3.05) is 25.6 Å². The van der Waals surface area contributed by atoms with Crippen LogP contribution in [-0.4, -0.2) is 43.3 Å². The first-order valence-electron chi connectivity index (χ1n) is 6.48. The molecule has 1 heterocycles. The van der Waals surface area contributed by atoms with Crippen LogP contribution < -0.4 is 10.6 Å². The van der Waals surface area contributed by atoms with Gasteiger partial charge in [0, 0.05) is 31.3 Å². The fourth-order valence-corrected chi connectivity index (χ4v) is 2.09. The maximum absolute atomic E-state index is 12.0. The van der Waals surface area contributed by atoms with E-state index in [0.717, 1.165) is 11.3 Å². The third kappa shape index (κ3) is 3.55. The van der Waals surface area contributed by atoms with E-state index < -0.39 is 6.10 Å². The number of hydrogen-bond acceptors (Lipinski definition) is 4. The van der Waals surface area contributed by atoms with Crippen LogP contribution in [0.5, 0.6) is 0 Å². The summed E-state index contributed by atoms with van der Waals surface area (Å²) >= 11 is 0. The molecule has 1 aromatic rings. The smallest absolute Gasteiger partial charge is 0.251 e. The van der Waals surface area contributed by atoms with Crippen molar-refractivity contribution < 1.29 is 19.4 Å². The van der Waals surface area contributed by atoms with E-state index in [1.165, 1.54) is 7.11 Å². The van der Waals surface area contributed by atoms with Gasteiger partial charge in [0.25, 0.3) is 5.91 Å². The summed E-state index contributed by atoms with van der Waals surface area (Å²) < 4.78 is 4.78. The van der Waals surface area contributed by atoms with Gasteiger partial charge in [-0.25, -0.2) is 0 Å². The summed E-state index contributed by atoms with van der Waals surface area (Å²) in [6.07, 6.45) is 0.347. The minimum absolute atomic E-state index is 0.00242. The molecule has 20 heavy (non-hydrogen) atoms. The van der Waals surface area contributed by atoms with Gasteiger partial charge in [-0.1, -0.05) is 0 Å². The van der Waals surface area contributed by atoms with Crippen LogP contribution >= 0.6 is 0 Å². The Morgan fingerprint density at radius 2 is 2.30 bits per heavy atom. The minimum atomic E-state index is -0.721. The zero-order valence-electron chi connectivity index (χ0n) is 11.3. The summed E-state index contributed by atoms with van der Waals surface area (Å²) in [5.41, 5.74) is 2.23. The third-order valence-corrected chi connectivity index (χ3v) is 3.12. The van der Waals surface area contributed by atoms with Crippen molar-refractivity contribution in [3.63, 3.8) is 0 Å². The van der Waals surface area contributed by atoms with Crippen LogP contribution in [0.2, 0.25) is 0 Å². The van der Waals surface area contributed by atoms with Crippen LogP contribution in [0.1, 0.15) is 22.3 Å². The summed E-state index contributed by atoms with van der Waals surface area (Å²) in [5.74, 6) is -0.253. The average molecular weight is 278 g/mol. The number of fused-ring (bicyclic) bond motifs is 1. The number of aryl methyl sites for hydroxylation is 1. The number of aliphatic hydroxyl groups excluding tert-OH is 1. The highest BCUT2D eigenvalue weighted by atomic mass is 16.5. The SMILES string of the molecule is COCC(O)CNC(=O)c1ccc2c(c1)CCC(=O)N2. The summed E-state index contributed by atoms with van der Waals surface area (Å²) in [7, 11) is 1.49. The molecule has 0 radical (unpaired) electrons. The van der Waals surface area contributed by atoms with Gasteiger partial charge in [-0.3, -0.25) is 9.59 Å². The van der Waals surface area contributed by atoms with Crippen molar-refractivity contribution in [1.82, 2.24) is 5.32 Å². The molecular weight excluding hydrogens is 260 g/mol. The highest BCUT2D eigenvalue weighted by molar-refractivity contribution is 5.97. The van der Waals surface area contributed by atoms with Crippen molar-refractivity contribution in [2.45, 2.75) is 18.9 Å². The highest BCUT2D eigenvalue weighted by Crippen LogP contribution is 2.23. The first-order valence-corrected chi connectivity index (χ1v) is 6.48. The number of nitrogens with one attached hydrogen (secondary N) is 2. The lowest BCUT2D eigenvalue weighted by molar-refractivity contribution is -0.116. The molecule has 0 saturated carbocycles. The van der Waals surface area contributed by atoms with Gasteiger partial charge >= 0.3 is 0 Å². The minimum Gasteiger partial charge on any atom is -0.389 e. The van der Waals surface area contributed by atoms with Crippen LogP contribution in [0.15, 0.2) is 18.2 Å². The zero-order chi connectivity index (χ0) is 14.5. The quantitative estimate of drug-likeness (QED) is 0.723. The van der Waals surface area contributed by atoms with Crippen LogP contribution in [0, 0.1) is 0 Å². The number of amides is 2. The average Bonchev–Trinajstić information content (AvgIpc) is 2.44. The van der Waals surface area contributed by atoms with Crippen LogP contribution in [0.4, 0.5) is 5.69 Å². The molecule has 6 heteroatoms. The van der Waals surface area contributed by atoms with Gasteiger partial charge in [0.15, 0.2) is 0 Å². The fourth-order valence-electron chi connectivity index (χ4n) is 2.09. The molecule has 3 N–H and O–H groups in total. The number of benzene rings is 1. The first kappa shape index (κ1) is 14.5. The van der Waals surface area contributed by atoms with E-state index in [-0.39, 0.29) is 25.0 Å². The molecule has 1 aliphatic rings. The van der Waals surface area contributed by atoms with Gasteiger partial charge in [0.2, 0.25) is 5.91 Å². The van der Waals surface area contributed by atoms with Gasteiger partial charge in [0.1, 0.15) is 0 Å². The van der Waals surface area contributed by atoms with Gasteiger partial charge in [-0.15, -0.1) is 0 Å².